The molecule has 0 aliphatic carbocycles. The Bertz CT molecular complexity index is 595. The molecule has 1 aliphatic rings. The number of thiophene rings is 1. The molecule has 1 atom stereocenters. The second-order valence-corrected chi connectivity index (χ2v) is 7.73. The van der Waals surface area contributed by atoms with E-state index < -0.39 is 14.8 Å². The molecule has 1 saturated heterocycles. The molecule has 2 heterocycles. The van der Waals surface area contributed by atoms with Crippen LogP contribution in [0.1, 0.15) is 12.8 Å². The summed E-state index contributed by atoms with van der Waals surface area (Å²) in [5.41, 5.74) is -0.203. The van der Waals surface area contributed by atoms with Crippen LogP contribution < -0.4 is 4.90 Å². The number of sulfone groups is 1. The van der Waals surface area contributed by atoms with Gasteiger partial charge in [0.15, 0.2) is 14.8 Å². The Kier molecular flexibility index (Phi) is 3.79. The predicted molar refractivity (Wildman–Crippen MR) is 71.5 cm³/mol. The monoisotopic (exact) mass is 306 g/mol. The van der Waals surface area contributed by atoms with Crippen LogP contribution in [0.2, 0.25) is 0 Å². The number of aliphatic hydroxyl groups excluding tert-OH is 1. The molecule has 0 bridgehead atoms. The van der Waals surface area contributed by atoms with E-state index in [9.17, 15) is 23.6 Å². The van der Waals surface area contributed by atoms with Crippen molar-refractivity contribution in [3.05, 3.63) is 16.2 Å². The molecule has 0 amide bonds. The van der Waals surface area contributed by atoms with Crippen LogP contribution in [0.5, 0.6) is 0 Å². The van der Waals surface area contributed by atoms with Crippen molar-refractivity contribution in [1.82, 2.24) is 0 Å². The third-order valence-corrected chi connectivity index (χ3v) is 6.04. The van der Waals surface area contributed by atoms with Crippen molar-refractivity contribution in [3.8, 4) is 0 Å². The summed E-state index contributed by atoms with van der Waals surface area (Å²) in [6, 6.07) is 0.923. The van der Waals surface area contributed by atoms with Crippen molar-refractivity contribution in [3.63, 3.8) is 0 Å². The minimum atomic E-state index is -3.47. The second-order valence-electron chi connectivity index (χ2n) is 4.46. The highest BCUT2D eigenvalue weighted by Crippen LogP contribution is 2.42. The van der Waals surface area contributed by atoms with E-state index in [1.54, 1.807) is 4.90 Å². The summed E-state index contributed by atoms with van der Waals surface area (Å²) in [6.45, 7) is 0.499. The predicted octanol–water partition coefficient (Wildman–Crippen LogP) is 1.02. The number of hydrogen-bond donors (Lipinski definition) is 1. The highest BCUT2D eigenvalue weighted by molar-refractivity contribution is 7.92. The van der Waals surface area contributed by atoms with Gasteiger partial charge in [-0.15, -0.1) is 0 Å². The molecule has 0 radical (unpaired) electrons. The molecule has 0 spiro atoms. The maximum absolute atomic E-state index is 11.5. The van der Waals surface area contributed by atoms with Gasteiger partial charge in [0.05, 0.1) is 17.6 Å². The standard InChI is InChI=1S/C10H14N2O5S2/c1-19(16,17)9-5-8(12(14)15)10(18-9)11-4-2-3-7(11)6-13/h5,7,13H,2-4,6H2,1H3. The SMILES string of the molecule is CS(=O)(=O)c1cc([N+](=O)[O-])c(N2CCCC2CO)s1. The summed E-state index contributed by atoms with van der Waals surface area (Å²) in [4.78, 5) is 12.2. The van der Waals surface area contributed by atoms with Gasteiger partial charge in [0.25, 0.3) is 0 Å². The molecule has 9 heteroatoms. The molecular weight excluding hydrogens is 292 g/mol. The van der Waals surface area contributed by atoms with E-state index in [2.05, 4.69) is 0 Å². The Morgan fingerprint density at radius 2 is 2.32 bits per heavy atom. The summed E-state index contributed by atoms with van der Waals surface area (Å²) < 4.78 is 23.0. The van der Waals surface area contributed by atoms with Gasteiger partial charge in [-0.3, -0.25) is 10.1 Å². The molecule has 0 aromatic carbocycles. The third-order valence-electron chi connectivity index (χ3n) is 3.08. The summed E-state index contributed by atoms with van der Waals surface area (Å²) >= 11 is 0.896. The second kappa shape index (κ2) is 5.06. The molecule has 7 nitrogen and oxygen atoms in total. The van der Waals surface area contributed by atoms with Crippen LogP contribution in [0.25, 0.3) is 0 Å². The van der Waals surface area contributed by atoms with Gasteiger partial charge in [0, 0.05) is 18.9 Å². The van der Waals surface area contributed by atoms with Crippen molar-refractivity contribution >= 4 is 31.9 Å². The van der Waals surface area contributed by atoms with Crippen LogP contribution >= 0.6 is 11.3 Å². The Balaban J connectivity index is 2.49. The largest absolute Gasteiger partial charge is 0.394 e. The molecule has 1 unspecified atom stereocenters. The molecule has 1 fully saturated rings. The zero-order chi connectivity index (χ0) is 14.2. The normalized spacial score (nSPS) is 19.9. The summed E-state index contributed by atoms with van der Waals surface area (Å²) in [5, 5.41) is 20.6. The summed E-state index contributed by atoms with van der Waals surface area (Å²) in [6.07, 6.45) is 2.61. The van der Waals surface area contributed by atoms with Gasteiger partial charge in [-0.25, -0.2) is 8.42 Å². The van der Waals surface area contributed by atoms with Crippen LogP contribution in [0.4, 0.5) is 10.7 Å². The minimum absolute atomic E-state index is 0.0159. The third kappa shape index (κ3) is 2.72. The van der Waals surface area contributed by atoms with Crippen molar-refractivity contribution in [2.45, 2.75) is 23.1 Å². The Morgan fingerprint density at radius 1 is 1.63 bits per heavy atom. The van der Waals surface area contributed by atoms with Crippen LogP contribution in [0, 0.1) is 10.1 Å². The molecule has 19 heavy (non-hydrogen) atoms. The molecule has 0 saturated carbocycles. The van der Waals surface area contributed by atoms with Crippen molar-refractivity contribution < 1.29 is 18.4 Å². The van der Waals surface area contributed by atoms with Crippen molar-refractivity contribution in [2.75, 3.05) is 24.3 Å². The Morgan fingerprint density at radius 3 is 2.84 bits per heavy atom. The number of aliphatic hydroxyl groups is 1. The first-order chi connectivity index (χ1) is 8.84. The highest BCUT2D eigenvalue weighted by atomic mass is 32.2. The van der Waals surface area contributed by atoms with Crippen molar-refractivity contribution in [1.29, 1.82) is 0 Å². The van der Waals surface area contributed by atoms with Gasteiger partial charge in [-0.05, 0) is 12.8 Å². The van der Waals surface area contributed by atoms with E-state index in [-0.39, 0.29) is 22.5 Å². The molecule has 1 aliphatic heterocycles. The lowest BCUT2D eigenvalue weighted by Crippen LogP contribution is -2.31. The average molecular weight is 306 g/mol. The van der Waals surface area contributed by atoms with Gasteiger partial charge in [0.2, 0.25) is 0 Å². The van der Waals surface area contributed by atoms with Gasteiger partial charge in [-0.1, -0.05) is 11.3 Å². The number of nitro groups is 1. The molecule has 1 N–H and O–H groups in total. The fourth-order valence-corrected chi connectivity index (χ4v) is 4.29. The van der Waals surface area contributed by atoms with E-state index in [0.29, 0.717) is 11.5 Å². The fourth-order valence-electron chi connectivity index (χ4n) is 2.16. The number of rotatable bonds is 4. The zero-order valence-electron chi connectivity index (χ0n) is 10.3. The highest BCUT2D eigenvalue weighted by Gasteiger charge is 2.33. The number of anilines is 1. The average Bonchev–Trinajstić information content (AvgIpc) is 2.93. The maximum Gasteiger partial charge on any atom is 0.305 e. The zero-order valence-corrected chi connectivity index (χ0v) is 11.9. The Hall–Kier alpha value is -1.19. The first-order valence-electron chi connectivity index (χ1n) is 5.70. The van der Waals surface area contributed by atoms with Crippen LogP contribution in [0.15, 0.2) is 10.3 Å². The van der Waals surface area contributed by atoms with E-state index in [1.165, 1.54) is 0 Å². The lowest BCUT2D eigenvalue weighted by Gasteiger charge is -2.22. The molecule has 106 valence electrons. The first-order valence-corrected chi connectivity index (χ1v) is 8.41. The maximum atomic E-state index is 11.5. The number of nitrogens with zero attached hydrogens (tertiary/aromatic N) is 2. The quantitative estimate of drug-likeness (QED) is 0.658. The van der Waals surface area contributed by atoms with Crippen LogP contribution in [0.3, 0.4) is 0 Å². The molecular formula is C10H14N2O5S2. The smallest absolute Gasteiger partial charge is 0.305 e. The van der Waals surface area contributed by atoms with Gasteiger partial charge in [0.1, 0.15) is 4.21 Å². The van der Waals surface area contributed by atoms with E-state index in [0.717, 1.165) is 36.5 Å². The molecule has 1 aromatic rings. The van der Waals surface area contributed by atoms with E-state index in [4.69, 9.17) is 0 Å². The lowest BCUT2D eigenvalue weighted by atomic mass is 10.2. The molecule has 2 rings (SSSR count). The lowest BCUT2D eigenvalue weighted by molar-refractivity contribution is -0.383. The van der Waals surface area contributed by atoms with E-state index in [1.807, 2.05) is 0 Å². The van der Waals surface area contributed by atoms with Crippen LogP contribution in [-0.4, -0.2) is 43.9 Å². The Labute approximate surface area is 114 Å². The van der Waals surface area contributed by atoms with Gasteiger partial charge >= 0.3 is 5.69 Å². The number of hydrogen-bond acceptors (Lipinski definition) is 7. The first kappa shape index (κ1) is 14.2. The minimum Gasteiger partial charge on any atom is -0.394 e. The molecule has 1 aromatic heterocycles. The van der Waals surface area contributed by atoms with E-state index >= 15 is 0 Å². The fraction of sp³-hybridized carbons (Fsp3) is 0.600. The topological polar surface area (TPSA) is 101 Å². The van der Waals surface area contributed by atoms with Gasteiger partial charge in [-0.2, -0.15) is 0 Å². The summed E-state index contributed by atoms with van der Waals surface area (Å²) in [7, 11) is -3.47. The summed E-state index contributed by atoms with van der Waals surface area (Å²) in [5.74, 6) is 0. The van der Waals surface area contributed by atoms with Crippen LogP contribution in [-0.2, 0) is 9.84 Å². The van der Waals surface area contributed by atoms with Gasteiger partial charge < -0.3 is 10.0 Å². The van der Waals surface area contributed by atoms with Crippen molar-refractivity contribution in [2.24, 2.45) is 0 Å².